The number of carbonyl (C=O) groups is 2. The van der Waals surface area contributed by atoms with Gasteiger partial charge in [-0.15, -0.1) is 0 Å². The van der Waals surface area contributed by atoms with E-state index in [1.54, 1.807) is 0 Å². The van der Waals surface area contributed by atoms with Gasteiger partial charge in [0.15, 0.2) is 0 Å². The van der Waals surface area contributed by atoms with E-state index < -0.39 is 11.9 Å². The van der Waals surface area contributed by atoms with Crippen molar-refractivity contribution in [3.8, 4) is 0 Å². The van der Waals surface area contributed by atoms with Crippen LogP contribution in [0.15, 0.2) is 18.2 Å². The Balaban J connectivity index is 2.00. The lowest BCUT2D eigenvalue weighted by Crippen LogP contribution is -2.22. The molecule has 1 aliphatic carbocycles. The van der Waals surface area contributed by atoms with E-state index in [1.807, 2.05) is 22.6 Å². The molecule has 1 saturated carbocycles. The lowest BCUT2D eigenvalue weighted by atomic mass is 10.0. The molecule has 1 aromatic carbocycles. The third kappa shape index (κ3) is 3.43. The van der Waals surface area contributed by atoms with Crippen LogP contribution in [0.25, 0.3) is 0 Å². The Labute approximate surface area is 123 Å². The number of benzene rings is 1. The van der Waals surface area contributed by atoms with E-state index in [1.165, 1.54) is 18.2 Å². The van der Waals surface area contributed by atoms with E-state index in [-0.39, 0.29) is 17.6 Å². The van der Waals surface area contributed by atoms with Crippen LogP contribution < -0.4 is 5.32 Å². The van der Waals surface area contributed by atoms with Crippen LogP contribution in [0.1, 0.15) is 19.3 Å². The van der Waals surface area contributed by atoms with Gasteiger partial charge in [0.05, 0.1) is 11.6 Å². The van der Waals surface area contributed by atoms with Gasteiger partial charge in [-0.25, -0.2) is 4.39 Å². The van der Waals surface area contributed by atoms with Gasteiger partial charge in [0.25, 0.3) is 0 Å². The number of carboxylic acid groups (broad SMARTS) is 1. The van der Waals surface area contributed by atoms with Gasteiger partial charge in [0.1, 0.15) is 5.82 Å². The van der Waals surface area contributed by atoms with Crippen LogP contribution in [-0.2, 0) is 9.59 Å². The molecule has 1 amide bonds. The highest BCUT2D eigenvalue weighted by Gasteiger charge is 2.33. The number of carboxylic acids is 1. The third-order valence-corrected chi connectivity index (χ3v) is 4.23. The Bertz CT molecular complexity index is 521. The minimum Gasteiger partial charge on any atom is -0.481 e. The highest BCUT2D eigenvalue weighted by Crippen LogP contribution is 2.32. The smallest absolute Gasteiger partial charge is 0.306 e. The fourth-order valence-corrected chi connectivity index (χ4v) is 2.88. The summed E-state index contributed by atoms with van der Waals surface area (Å²) in [6, 6.07) is 4.13. The summed E-state index contributed by atoms with van der Waals surface area (Å²) in [5.41, 5.74) is 0.561. The Morgan fingerprint density at radius 1 is 1.32 bits per heavy atom. The van der Waals surface area contributed by atoms with Gasteiger partial charge in [-0.2, -0.15) is 0 Å². The number of hydrogen-bond acceptors (Lipinski definition) is 2. The van der Waals surface area contributed by atoms with Crippen molar-refractivity contribution in [1.29, 1.82) is 0 Å². The molecule has 2 unspecified atom stereocenters. The SMILES string of the molecule is O=C(O)C1CCC(C(=O)Nc2ccc(F)cc2I)C1. The number of nitrogens with one attached hydrogen (secondary N) is 1. The van der Waals surface area contributed by atoms with Crippen molar-refractivity contribution in [2.75, 3.05) is 5.32 Å². The lowest BCUT2D eigenvalue weighted by molar-refractivity contribution is -0.141. The first-order valence-electron chi connectivity index (χ1n) is 5.96. The van der Waals surface area contributed by atoms with Crippen LogP contribution in [0.3, 0.4) is 0 Å². The lowest BCUT2D eigenvalue weighted by Gasteiger charge is -2.12. The summed E-state index contributed by atoms with van der Waals surface area (Å²) < 4.78 is 13.6. The van der Waals surface area contributed by atoms with E-state index in [0.29, 0.717) is 28.5 Å². The largest absolute Gasteiger partial charge is 0.481 e. The summed E-state index contributed by atoms with van der Waals surface area (Å²) in [7, 11) is 0. The van der Waals surface area contributed by atoms with Gasteiger partial charge in [-0.1, -0.05) is 0 Å². The molecule has 4 nitrogen and oxygen atoms in total. The summed E-state index contributed by atoms with van der Waals surface area (Å²) in [5, 5.41) is 11.6. The number of halogens is 2. The van der Waals surface area contributed by atoms with Crippen LogP contribution in [0.4, 0.5) is 10.1 Å². The molecule has 102 valence electrons. The molecule has 6 heteroatoms. The van der Waals surface area contributed by atoms with Crippen molar-refractivity contribution in [3.63, 3.8) is 0 Å². The van der Waals surface area contributed by atoms with Crippen LogP contribution in [0.2, 0.25) is 0 Å². The van der Waals surface area contributed by atoms with Crippen molar-refractivity contribution < 1.29 is 19.1 Å². The topological polar surface area (TPSA) is 66.4 Å². The van der Waals surface area contributed by atoms with Crippen molar-refractivity contribution in [2.24, 2.45) is 11.8 Å². The highest BCUT2D eigenvalue weighted by atomic mass is 127. The van der Waals surface area contributed by atoms with Crippen molar-refractivity contribution in [1.82, 2.24) is 0 Å². The number of aliphatic carboxylic acids is 1. The van der Waals surface area contributed by atoms with Crippen LogP contribution in [-0.4, -0.2) is 17.0 Å². The second kappa shape index (κ2) is 5.85. The molecule has 1 fully saturated rings. The zero-order valence-electron chi connectivity index (χ0n) is 10.0. The molecular weight excluding hydrogens is 364 g/mol. The molecule has 0 aliphatic heterocycles. The molecule has 0 radical (unpaired) electrons. The average Bonchev–Trinajstić information content (AvgIpc) is 2.82. The Morgan fingerprint density at radius 3 is 2.58 bits per heavy atom. The fourth-order valence-electron chi connectivity index (χ4n) is 2.27. The Hall–Kier alpha value is -1.18. The zero-order valence-corrected chi connectivity index (χ0v) is 12.2. The van der Waals surface area contributed by atoms with Crippen LogP contribution in [0.5, 0.6) is 0 Å². The van der Waals surface area contributed by atoms with Crippen LogP contribution in [0, 0.1) is 21.2 Å². The Kier molecular flexibility index (Phi) is 4.38. The maximum absolute atomic E-state index is 12.9. The fraction of sp³-hybridized carbons (Fsp3) is 0.385. The molecule has 2 N–H and O–H groups in total. The number of hydrogen-bond donors (Lipinski definition) is 2. The zero-order chi connectivity index (χ0) is 14.0. The van der Waals surface area contributed by atoms with Crippen molar-refractivity contribution >= 4 is 40.2 Å². The van der Waals surface area contributed by atoms with Gasteiger partial charge >= 0.3 is 5.97 Å². The number of amides is 1. The maximum Gasteiger partial charge on any atom is 0.306 e. The van der Waals surface area contributed by atoms with E-state index in [2.05, 4.69) is 5.32 Å². The first-order valence-corrected chi connectivity index (χ1v) is 7.04. The van der Waals surface area contributed by atoms with E-state index in [4.69, 9.17) is 5.11 Å². The summed E-state index contributed by atoms with van der Waals surface area (Å²) in [6.45, 7) is 0. The van der Waals surface area contributed by atoms with Crippen LogP contribution >= 0.6 is 22.6 Å². The minimum absolute atomic E-state index is 0.187. The molecule has 2 rings (SSSR count). The molecule has 2 atom stereocenters. The summed E-state index contributed by atoms with van der Waals surface area (Å²) in [5.74, 6) is -2.08. The van der Waals surface area contributed by atoms with Gasteiger partial charge in [0.2, 0.25) is 5.91 Å². The second-order valence-corrected chi connectivity index (χ2v) is 5.82. The summed E-state index contributed by atoms with van der Waals surface area (Å²) in [4.78, 5) is 22.9. The molecule has 19 heavy (non-hydrogen) atoms. The predicted molar refractivity (Wildman–Crippen MR) is 76.2 cm³/mol. The maximum atomic E-state index is 12.9. The number of anilines is 1. The summed E-state index contributed by atoms with van der Waals surface area (Å²) >= 11 is 1.95. The quantitative estimate of drug-likeness (QED) is 0.797. The van der Waals surface area contributed by atoms with Gasteiger partial charge < -0.3 is 10.4 Å². The van der Waals surface area contributed by atoms with E-state index >= 15 is 0 Å². The molecule has 0 saturated heterocycles. The van der Waals surface area contributed by atoms with Gasteiger partial charge in [0, 0.05) is 9.49 Å². The van der Waals surface area contributed by atoms with E-state index in [9.17, 15) is 14.0 Å². The monoisotopic (exact) mass is 377 g/mol. The normalized spacial score (nSPS) is 22.2. The molecule has 0 heterocycles. The molecule has 1 aromatic rings. The predicted octanol–water partition coefficient (Wildman–Crippen LogP) is 2.87. The summed E-state index contributed by atoms with van der Waals surface area (Å²) in [6.07, 6.45) is 1.49. The average molecular weight is 377 g/mol. The van der Waals surface area contributed by atoms with E-state index in [0.717, 1.165) is 0 Å². The molecule has 1 aliphatic rings. The number of rotatable bonds is 3. The third-order valence-electron chi connectivity index (χ3n) is 3.34. The molecule has 0 aromatic heterocycles. The van der Waals surface area contributed by atoms with Gasteiger partial charge in [-0.05, 0) is 60.1 Å². The standard InChI is InChI=1S/C13H13FINO3/c14-9-3-4-11(10(15)6-9)16-12(17)7-1-2-8(5-7)13(18)19/h3-4,6-8H,1-2,5H2,(H,16,17)(H,18,19). The first-order chi connectivity index (χ1) is 8.97. The molecule has 0 bridgehead atoms. The van der Waals surface area contributed by atoms with Crippen molar-refractivity contribution in [2.45, 2.75) is 19.3 Å². The Morgan fingerprint density at radius 2 is 2.00 bits per heavy atom. The highest BCUT2D eigenvalue weighted by molar-refractivity contribution is 14.1. The second-order valence-electron chi connectivity index (χ2n) is 4.66. The molecule has 0 spiro atoms. The minimum atomic E-state index is -0.841. The molecular formula is C13H13FINO3. The number of carbonyl (C=O) groups excluding carboxylic acids is 1. The first kappa shape index (κ1) is 14.2. The van der Waals surface area contributed by atoms with Gasteiger partial charge in [-0.3, -0.25) is 9.59 Å². The van der Waals surface area contributed by atoms with Crippen molar-refractivity contribution in [3.05, 3.63) is 27.6 Å².